The van der Waals surface area contributed by atoms with E-state index in [1.165, 1.54) is 29.0 Å². The van der Waals surface area contributed by atoms with E-state index in [1.807, 2.05) is 25.1 Å². The van der Waals surface area contributed by atoms with Gasteiger partial charge < -0.3 is 24.1 Å². The van der Waals surface area contributed by atoms with E-state index in [4.69, 9.17) is 25.8 Å². The Kier molecular flexibility index (Phi) is 13.1. The largest absolute Gasteiger partial charge is 0.493 e. The lowest BCUT2D eigenvalue weighted by Crippen LogP contribution is -2.47. The van der Waals surface area contributed by atoms with Crippen LogP contribution in [0.5, 0.6) is 17.2 Å². The smallest absolute Gasteiger partial charge is 0.277 e. The molecule has 2 atom stereocenters. The zero-order valence-electron chi connectivity index (χ0n) is 37.6. The number of sulfonamides is 1. The van der Waals surface area contributed by atoms with E-state index in [0.717, 1.165) is 100 Å². The lowest BCUT2D eigenvalue weighted by Gasteiger charge is -2.39. The number of nitro groups is 1. The number of allylic oxidation sites excluding steroid dienone is 1. The predicted octanol–water partition coefficient (Wildman–Crippen LogP) is 8.48. The number of nitrogens with zero attached hydrogens (tertiary/aromatic N) is 5. The lowest BCUT2D eigenvalue weighted by atomic mass is 9.72. The molecule has 2 saturated heterocycles. The Morgan fingerprint density at radius 3 is 2.62 bits per heavy atom. The average Bonchev–Trinajstić information content (AvgIpc) is 3.77. The van der Waals surface area contributed by atoms with Gasteiger partial charge in [0.1, 0.15) is 22.9 Å². The second-order valence-electron chi connectivity index (χ2n) is 18.8. The van der Waals surface area contributed by atoms with Crippen molar-refractivity contribution in [1.29, 1.82) is 0 Å². The average molecular weight is 939 g/mol. The molecule has 1 aliphatic carbocycles. The fourth-order valence-corrected chi connectivity index (χ4v) is 10.8. The first-order valence-corrected chi connectivity index (χ1v) is 24.6. The standard InChI is InChI=1S/C49H56ClN7O8S/c1-32-29-54(20-21-63-32)15-12-33-22-42-44(57(59)60)25-40(26-45(42)64-31-33)66(61,62)53-48(58)41-9-8-38(24-46(41)65-39-23-35-11-14-51-47(35)52-28-39)56-18-16-55(17-19-56)30-36-10-13-49(2,3)27-43(36)34-4-6-37(50)7-5-34/h4-9,11,14,23-26,28,32-33H,10,12-13,15-22,27,29-31H2,1-3H3,(H,51,52)(H,53,58)/t32-,33-/m1/s1. The van der Waals surface area contributed by atoms with Crippen molar-refractivity contribution < 1.29 is 32.3 Å². The van der Waals surface area contributed by atoms with Crippen molar-refractivity contribution in [3.63, 3.8) is 0 Å². The number of amides is 1. The Morgan fingerprint density at radius 1 is 1.05 bits per heavy atom. The molecule has 0 saturated carbocycles. The van der Waals surface area contributed by atoms with E-state index in [-0.39, 0.29) is 46.8 Å². The molecule has 4 aliphatic rings. The molecule has 2 fully saturated rings. The van der Waals surface area contributed by atoms with Crippen molar-refractivity contribution in [1.82, 2.24) is 24.5 Å². The first kappa shape index (κ1) is 45.6. The molecule has 5 aromatic rings. The molecule has 0 bridgehead atoms. The molecular weight excluding hydrogens is 882 g/mol. The van der Waals surface area contributed by atoms with Gasteiger partial charge in [-0.05, 0) is 104 Å². The van der Waals surface area contributed by atoms with Crippen molar-refractivity contribution in [3.8, 4) is 17.2 Å². The number of aromatic nitrogens is 2. The fraction of sp³-hybridized carbons (Fsp3) is 0.429. The van der Waals surface area contributed by atoms with Crippen molar-refractivity contribution >= 4 is 55.5 Å². The van der Waals surface area contributed by atoms with Gasteiger partial charge in [-0.15, -0.1) is 0 Å². The third-order valence-corrected chi connectivity index (χ3v) is 14.9. The third-order valence-electron chi connectivity index (χ3n) is 13.4. The number of anilines is 1. The zero-order valence-corrected chi connectivity index (χ0v) is 39.1. The SMILES string of the molecule is C[C@@H]1CN(CC[C@H]2COc3cc(S(=O)(=O)NC(=O)c4ccc(N5CCN(CC6=C(c7ccc(Cl)cc7)CC(C)(C)CC6)CC5)cc4Oc4cnc5[nH]ccc5c4)cc([N+](=O)[O-])c3C2)CCO1. The van der Waals surface area contributed by atoms with Crippen LogP contribution in [0.25, 0.3) is 16.6 Å². The highest BCUT2D eigenvalue weighted by atomic mass is 35.5. The van der Waals surface area contributed by atoms with E-state index < -0.39 is 25.7 Å². The lowest BCUT2D eigenvalue weighted by molar-refractivity contribution is -0.386. The topological polar surface area (TPSA) is 172 Å². The van der Waals surface area contributed by atoms with Gasteiger partial charge in [0.2, 0.25) is 0 Å². The summed E-state index contributed by atoms with van der Waals surface area (Å²) in [6, 6.07) is 19.2. The summed E-state index contributed by atoms with van der Waals surface area (Å²) >= 11 is 6.25. The number of halogens is 1. The first-order valence-electron chi connectivity index (χ1n) is 22.7. The van der Waals surface area contributed by atoms with E-state index >= 15 is 0 Å². The van der Waals surface area contributed by atoms with Crippen LogP contribution >= 0.6 is 11.6 Å². The summed E-state index contributed by atoms with van der Waals surface area (Å²) in [6.07, 6.45) is 7.75. The number of benzene rings is 3. The van der Waals surface area contributed by atoms with Crippen LogP contribution in [0.2, 0.25) is 5.02 Å². The number of rotatable bonds is 13. The van der Waals surface area contributed by atoms with E-state index in [9.17, 15) is 23.3 Å². The molecule has 1 amide bonds. The first-order chi connectivity index (χ1) is 31.7. The number of nitro benzene ring substituents is 1. The van der Waals surface area contributed by atoms with Gasteiger partial charge >= 0.3 is 0 Å². The number of carbonyl (C=O) groups is 1. The van der Waals surface area contributed by atoms with Crippen LogP contribution in [0.3, 0.4) is 0 Å². The van der Waals surface area contributed by atoms with Gasteiger partial charge in [0.25, 0.3) is 21.6 Å². The molecule has 0 radical (unpaired) electrons. The number of hydrogen-bond acceptors (Lipinski definition) is 12. The Labute approximate surface area is 390 Å². The summed E-state index contributed by atoms with van der Waals surface area (Å²) in [5.74, 6) is -0.357. The highest BCUT2D eigenvalue weighted by molar-refractivity contribution is 7.90. The summed E-state index contributed by atoms with van der Waals surface area (Å²) < 4.78 is 48.1. The number of fused-ring (bicyclic) bond motifs is 2. The molecule has 2 aromatic heterocycles. The molecule has 0 unspecified atom stereocenters. The van der Waals surface area contributed by atoms with Gasteiger partial charge in [-0.25, -0.2) is 18.1 Å². The minimum atomic E-state index is -4.63. The maximum Gasteiger partial charge on any atom is 0.277 e. The van der Waals surface area contributed by atoms with Crippen molar-refractivity contribution in [2.24, 2.45) is 11.3 Å². The summed E-state index contributed by atoms with van der Waals surface area (Å²) in [6.45, 7) is 14.0. The van der Waals surface area contributed by atoms with Gasteiger partial charge in [-0.3, -0.25) is 24.7 Å². The van der Waals surface area contributed by atoms with Crippen LogP contribution in [0.4, 0.5) is 11.4 Å². The van der Waals surface area contributed by atoms with Crippen molar-refractivity contribution in [3.05, 3.63) is 117 Å². The monoisotopic (exact) mass is 937 g/mol. The number of H-pyrrole nitrogens is 1. The fourth-order valence-electron chi connectivity index (χ4n) is 9.67. The predicted molar refractivity (Wildman–Crippen MR) is 254 cm³/mol. The summed E-state index contributed by atoms with van der Waals surface area (Å²) in [7, 11) is -4.63. The van der Waals surface area contributed by atoms with Gasteiger partial charge in [-0.1, -0.05) is 43.2 Å². The highest BCUT2D eigenvalue weighted by Crippen LogP contribution is 2.44. The molecule has 15 nitrogen and oxygen atoms in total. The van der Waals surface area contributed by atoms with Crippen molar-refractivity contribution in [2.45, 2.75) is 63.9 Å². The van der Waals surface area contributed by atoms with Crippen LogP contribution in [0.15, 0.2) is 89.6 Å². The minimum absolute atomic E-state index is 0.0101. The second-order valence-corrected chi connectivity index (χ2v) is 20.9. The molecule has 9 rings (SSSR count). The quantitative estimate of drug-likeness (QED) is 0.0854. The van der Waals surface area contributed by atoms with Gasteiger partial charge in [0, 0.05) is 86.3 Å². The summed E-state index contributed by atoms with van der Waals surface area (Å²) in [4.78, 5) is 40.0. The molecule has 3 aromatic carbocycles. The van der Waals surface area contributed by atoms with E-state index in [0.29, 0.717) is 30.0 Å². The molecule has 348 valence electrons. The molecular formula is C49H56ClN7O8S. The number of nitrogens with one attached hydrogen (secondary N) is 2. The second kappa shape index (κ2) is 19.0. The van der Waals surface area contributed by atoms with Gasteiger partial charge in [0.15, 0.2) is 0 Å². The zero-order chi connectivity index (χ0) is 46.2. The Hall–Kier alpha value is -5.52. The Morgan fingerprint density at radius 2 is 1.85 bits per heavy atom. The molecule has 5 heterocycles. The van der Waals surface area contributed by atoms with Gasteiger partial charge in [0.05, 0.1) is 46.5 Å². The molecule has 17 heteroatoms. The number of hydrogen-bond donors (Lipinski definition) is 2. The molecule has 0 spiro atoms. The van der Waals surface area contributed by atoms with Crippen molar-refractivity contribution in [2.75, 3.05) is 70.5 Å². The maximum absolute atomic E-state index is 14.1. The molecule has 66 heavy (non-hydrogen) atoms. The number of morpholine rings is 1. The minimum Gasteiger partial charge on any atom is -0.493 e. The van der Waals surface area contributed by atoms with Crippen LogP contribution in [0, 0.1) is 21.4 Å². The number of carbonyl (C=O) groups excluding carboxylic acids is 1. The van der Waals surface area contributed by atoms with Crippen LogP contribution in [-0.2, 0) is 21.2 Å². The highest BCUT2D eigenvalue weighted by Gasteiger charge is 2.34. The normalized spacial score (nSPS) is 20.5. The maximum atomic E-state index is 14.1. The number of aromatic amines is 1. The Bertz CT molecular complexity index is 2770. The molecule has 2 N–H and O–H groups in total. The van der Waals surface area contributed by atoms with Crippen LogP contribution in [0.1, 0.15) is 67.9 Å². The van der Waals surface area contributed by atoms with E-state index in [2.05, 4.69) is 55.4 Å². The summed E-state index contributed by atoms with van der Waals surface area (Å²) in [5.41, 5.74) is 5.72. The van der Waals surface area contributed by atoms with E-state index in [1.54, 1.807) is 30.5 Å². The van der Waals surface area contributed by atoms with Crippen LogP contribution in [-0.4, -0.2) is 111 Å². The summed E-state index contributed by atoms with van der Waals surface area (Å²) in [5, 5.41) is 13.9. The number of piperazine rings is 1. The molecule has 3 aliphatic heterocycles. The third kappa shape index (κ3) is 10.4. The van der Waals surface area contributed by atoms with Gasteiger partial charge in [-0.2, -0.15) is 0 Å². The number of pyridine rings is 1. The Balaban J connectivity index is 0.924. The van der Waals surface area contributed by atoms with Crippen LogP contribution < -0.4 is 19.1 Å². The number of ether oxygens (including phenoxy) is 3.